The van der Waals surface area contributed by atoms with Crippen LogP contribution in [0.1, 0.15) is 36.5 Å². The molecule has 0 bridgehead atoms. The van der Waals surface area contributed by atoms with E-state index in [1.54, 1.807) is 30.6 Å². The van der Waals surface area contributed by atoms with Crippen LogP contribution in [0, 0.1) is 0 Å². The summed E-state index contributed by atoms with van der Waals surface area (Å²) in [6, 6.07) is 7.29. The topological polar surface area (TPSA) is 88.7 Å². The molecule has 0 fully saturated rings. The van der Waals surface area contributed by atoms with Crippen LogP contribution in [-0.4, -0.2) is 46.7 Å². The highest BCUT2D eigenvalue weighted by atomic mass is 35.5. The number of aliphatic imine (C=N–C) groups is 1. The molecule has 1 aromatic carbocycles. The largest absolute Gasteiger partial charge is 0.375 e. The van der Waals surface area contributed by atoms with Crippen molar-refractivity contribution in [1.29, 1.82) is 0 Å². The van der Waals surface area contributed by atoms with Crippen molar-refractivity contribution in [2.75, 3.05) is 20.7 Å². The van der Waals surface area contributed by atoms with E-state index in [1.807, 2.05) is 43.3 Å². The van der Waals surface area contributed by atoms with Gasteiger partial charge in [-0.05, 0) is 38.1 Å². The van der Waals surface area contributed by atoms with Gasteiger partial charge < -0.3 is 19.5 Å². The van der Waals surface area contributed by atoms with E-state index < -0.39 is 0 Å². The molecule has 0 aliphatic rings. The van der Waals surface area contributed by atoms with E-state index in [0.717, 1.165) is 28.8 Å². The molecule has 0 spiro atoms. The average Bonchev–Trinajstić information content (AvgIpc) is 3.41. The van der Waals surface area contributed by atoms with Crippen LogP contribution in [0.2, 0.25) is 5.02 Å². The molecule has 1 atom stereocenters. The molecular weight excluding hydrogens is 424 g/mol. The minimum Gasteiger partial charge on any atom is -0.375 e. The molecule has 30 heavy (non-hydrogen) atoms. The van der Waals surface area contributed by atoms with Crippen molar-refractivity contribution in [3.05, 3.63) is 51.3 Å². The monoisotopic (exact) mass is 448 g/mol. The number of benzene rings is 1. The summed E-state index contributed by atoms with van der Waals surface area (Å²) in [6.07, 6.45) is -0.0108. The molecule has 1 N–H and O–H groups in total. The summed E-state index contributed by atoms with van der Waals surface area (Å²) in [5, 5.41) is 11.0. The fourth-order valence-electron chi connectivity index (χ4n) is 2.65. The van der Waals surface area contributed by atoms with Gasteiger partial charge in [0.05, 0.1) is 12.2 Å². The summed E-state index contributed by atoms with van der Waals surface area (Å²) in [5.41, 5.74) is 1.81. The van der Waals surface area contributed by atoms with Gasteiger partial charge in [-0.15, -0.1) is 11.3 Å². The van der Waals surface area contributed by atoms with Gasteiger partial charge in [-0.3, -0.25) is 0 Å². The summed E-state index contributed by atoms with van der Waals surface area (Å²) in [4.78, 5) is 15.7. The number of guanidine groups is 1. The lowest BCUT2D eigenvalue weighted by atomic mass is 10.2. The molecule has 0 aliphatic carbocycles. The molecule has 1 unspecified atom stereocenters. The number of nitrogens with zero attached hydrogens (tertiary/aromatic N) is 5. The Kier molecular flexibility index (Phi) is 7.78. The lowest BCUT2D eigenvalue weighted by molar-refractivity contribution is 0.119. The molecule has 0 aliphatic heterocycles. The van der Waals surface area contributed by atoms with Gasteiger partial charge >= 0.3 is 0 Å². The third-order valence-electron chi connectivity index (χ3n) is 4.30. The van der Waals surface area contributed by atoms with E-state index in [2.05, 4.69) is 25.4 Å². The van der Waals surface area contributed by atoms with Gasteiger partial charge in [0.15, 0.2) is 5.96 Å². The molecule has 2 aromatic heterocycles. The van der Waals surface area contributed by atoms with Crippen LogP contribution in [0.15, 0.2) is 39.2 Å². The molecule has 0 saturated carbocycles. The van der Waals surface area contributed by atoms with E-state index in [-0.39, 0.29) is 12.6 Å². The van der Waals surface area contributed by atoms with E-state index >= 15 is 0 Å². The van der Waals surface area contributed by atoms with Crippen LogP contribution in [0.3, 0.4) is 0 Å². The lowest BCUT2D eigenvalue weighted by Crippen LogP contribution is -2.38. The van der Waals surface area contributed by atoms with Gasteiger partial charge in [0.1, 0.15) is 17.7 Å². The Hall–Kier alpha value is -2.49. The second kappa shape index (κ2) is 10.5. The van der Waals surface area contributed by atoms with Crippen LogP contribution in [0.4, 0.5) is 0 Å². The standard InChI is InChI=1S/C20H25ClN6O2S/c1-5-22-20(27(3)11-16-12-30-19(24-16)13(2)28-4)23-10-17-25-18(26-29-17)14-6-8-15(21)9-7-14/h6-9,12-13H,5,10-11H2,1-4H3,(H,22,23). The number of thiazole rings is 1. The van der Waals surface area contributed by atoms with E-state index in [9.17, 15) is 0 Å². The van der Waals surface area contributed by atoms with Crippen molar-refractivity contribution in [1.82, 2.24) is 25.3 Å². The van der Waals surface area contributed by atoms with Gasteiger partial charge in [0.25, 0.3) is 0 Å². The number of hydrogen-bond acceptors (Lipinski definition) is 7. The second-order valence-corrected chi connectivity index (χ2v) is 7.93. The molecule has 8 nitrogen and oxygen atoms in total. The highest BCUT2D eigenvalue weighted by molar-refractivity contribution is 7.09. The third kappa shape index (κ3) is 5.78. The first-order valence-electron chi connectivity index (χ1n) is 9.55. The van der Waals surface area contributed by atoms with Crippen LogP contribution in [0.25, 0.3) is 11.4 Å². The first-order chi connectivity index (χ1) is 14.5. The number of ether oxygens (including phenoxy) is 1. The summed E-state index contributed by atoms with van der Waals surface area (Å²) in [5.74, 6) is 1.68. The Balaban J connectivity index is 1.66. The number of methoxy groups -OCH3 is 1. The number of hydrogen-bond donors (Lipinski definition) is 1. The smallest absolute Gasteiger partial charge is 0.248 e. The van der Waals surface area contributed by atoms with Crippen LogP contribution >= 0.6 is 22.9 Å². The summed E-state index contributed by atoms with van der Waals surface area (Å²) in [7, 11) is 3.65. The molecule has 2 heterocycles. The maximum Gasteiger partial charge on any atom is 0.248 e. The lowest BCUT2D eigenvalue weighted by Gasteiger charge is -2.20. The Morgan fingerprint density at radius 1 is 1.33 bits per heavy atom. The quantitative estimate of drug-likeness (QED) is 0.409. The van der Waals surface area contributed by atoms with Crippen molar-refractivity contribution in [3.8, 4) is 11.4 Å². The van der Waals surface area contributed by atoms with E-state index in [0.29, 0.717) is 23.3 Å². The molecule has 3 aromatic rings. The molecule has 160 valence electrons. The summed E-state index contributed by atoms with van der Waals surface area (Å²) in [6.45, 7) is 5.65. The Labute approximate surface area is 184 Å². The molecular formula is C20H25ClN6O2S. The molecule has 3 rings (SSSR count). The zero-order valence-corrected chi connectivity index (χ0v) is 19.0. The zero-order chi connectivity index (χ0) is 21.5. The number of aromatic nitrogens is 3. The van der Waals surface area contributed by atoms with E-state index in [4.69, 9.17) is 20.9 Å². The summed E-state index contributed by atoms with van der Waals surface area (Å²) < 4.78 is 10.7. The van der Waals surface area contributed by atoms with Crippen molar-refractivity contribution in [3.63, 3.8) is 0 Å². The van der Waals surface area contributed by atoms with Crippen molar-refractivity contribution in [2.45, 2.75) is 33.0 Å². The van der Waals surface area contributed by atoms with Crippen molar-refractivity contribution in [2.24, 2.45) is 4.99 Å². The molecule has 0 amide bonds. The highest BCUT2D eigenvalue weighted by Crippen LogP contribution is 2.21. The Morgan fingerprint density at radius 2 is 2.10 bits per heavy atom. The van der Waals surface area contributed by atoms with Crippen molar-refractivity contribution < 1.29 is 9.26 Å². The molecule has 0 saturated heterocycles. The van der Waals surface area contributed by atoms with Gasteiger partial charge in [0.2, 0.25) is 11.7 Å². The van der Waals surface area contributed by atoms with Crippen LogP contribution < -0.4 is 5.32 Å². The molecule has 0 radical (unpaired) electrons. The number of nitrogens with one attached hydrogen (secondary N) is 1. The van der Waals surface area contributed by atoms with Crippen LogP contribution in [-0.2, 0) is 17.8 Å². The Bertz CT molecular complexity index is 972. The second-order valence-electron chi connectivity index (χ2n) is 6.60. The Morgan fingerprint density at radius 3 is 2.80 bits per heavy atom. The SMILES string of the molecule is CCNC(=NCc1nc(-c2ccc(Cl)cc2)no1)N(C)Cc1csc(C(C)OC)n1. The minimum absolute atomic E-state index is 0.0108. The minimum atomic E-state index is -0.0108. The number of halogens is 1. The van der Waals surface area contributed by atoms with Crippen molar-refractivity contribution >= 4 is 28.9 Å². The highest BCUT2D eigenvalue weighted by Gasteiger charge is 2.14. The predicted octanol–water partition coefficient (Wildman–Crippen LogP) is 4.15. The number of rotatable bonds is 8. The summed E-state index contributed by atoms with van der Waals surface area (Å²) >= 11 is 7.52. The third-order valence-corrected chi connectivity index (χ3v) is 5.61. The van der Waals surface area contributed by atoms with Gasteiger partial charge in [-0.1, -0.05) is 16.8 Å². The first kappa shape index (κ1) is 22.2. The van der Waals surface area contributed by atoms with Gasteiger partial charge in [-0.25, -0.2) is 9.98 Å². The first-order valence-corrected chi connectivity index (χ1v) is 10.8. The maximum absolute atomic E-state index is 5.93. The van der Waals surface area contributed by atoms with E-state index in [1.165, 1.54) is 0 Å². The molecule has 10 heteroatoms. The fourth-order valence-corrected chi connectivity index (χ4v) is 3.62. The van der Waals surface area contributed by atoms with Gasteiger partial charge in [-0.2, -0.15) is 4.98 Å². The van der Waals surface area contributed by atoms with Gasteiger partial charge in [0, 0.05) is 36.7 Å². The average molecular weight is 449 g/mol. The maximum atomic E-state index is 5.93. The zero-order valence-electron chi connectivity index (χ0n) is 17.4. The predicted molar refractivity (Wildman–Crippen MR) is 119 cm³/mol. The fraction of sp³-hybridized carbons (Fsp3) is 0.400. The normalized spacial score (nSPS) is 12.8. The van der Waals surface area contributed by atoms with Crippen LogP contribution in [0.5, 0.6) is 0 Å².